The molecule has 0 aliphatic heterocycles. The first-order valence-corrected chi connectivity index (χ1v) is 8.84. The van der Waals surface area contributed by atoms with Crippen molar-refractivity contribution >= 4 is 26.6 Å². The van der Waals surface area contributed by atoms with E-state index >= 15 is 0 Å². The number of aryl methyl sites for hydroxylation is 1. The number of benzene rings is 2. The van der Waals surface area contributed by atoms with E-state index in [0.717, 1.165) is 35.2 Å². The van der Waals surface area contributed by atoms with Crippen molar-refractivity contribution in [3.8, 4) is 0 Å². The third-order valence-corrected chi connectivity index (χ3v) is 5.08. The molecule has 0 unspecified atom stereocenters. The number of nitrogens with zero attached hydrogens (tertiary/aromatic N) is 2. The summed E-state index contributed by atoms with van der Waals surface area (Å²) in [4.78, 5) is -0.246. The maximum Gasteiger partial charge on any atom is 0.416 e. The highest BCUT2D eigenvalue weighted by Crippen LogP contribution is 2.30. The molecule has 132 valence electrons. The number of halogens is 3. The first-order chi connectivity index (χ1) is 11.7. The van der Waals surface area contributed by atoms with Crippen LogP contribution in [0.15, 0.2) is 53.6 Å². The number of hydrogen-bond acceptors (Lipinski definition) is 3. The molecule has 5 nitrogen and oxygen atoms in total. The van der Waals surface area contributed by atoms with Gasteiger partial charge in [0, 0.05) is 17.6 Å². The number of rotatable bonds is 4. The summed E-state index contributed by atoms with van der Waals surface area (Å²) in [7, 11) is -3.99. The van der Waals surface area contributed by atoms with Crippen LogP contribution in [0.25, 0.3) is 10.9 Å². The van der Waals surface area contributed by atoms with Gasteiger partial charge in [-0.25, -0.2) is 8.42 Å². The quantitative estimate of drug-likeness (QED) is 0.759. The number of nitrogens with one attached hydrogen (secondary N) is 1. The summed E-state index contributed by atoms with van der Waals surface area (Å²) in [5, 5.41) is 4.93. The number of sulfonamides is 1. The Morgan fingerprint density at radius 1 is 1.12 bits per heavy atom. The van der Waals surface area contributed by atoms with Gasteiger partial charge in [0.15, 0.2) is 0 Å². The van der Waals surface area contributed by atoms with Crippen LogP contribution in [0.5, 0.6) is 0 Å². The fourth-order valence-corrected chi connectivity index (χ4v) is 3.49. The molecule has 0 spiro atoms. The molecule has 0 radical (unpaired) electrons. The van der Waals surface area contributed by atoms with E-state index in [1.54, 1.807) is 29.1 Å². The molecule has 1 heterocycles. The van der Waals surface area contributed by atoms with Crippen molar-refractivity contribution in [1.29, 1.82) is 0 Å². The lowest BCUT2D eigenvalue weighted by molar-refractivity contribution is -0.137. The zero-order valence-corrected chi connectivity index (χ0v) is 13.9. The highest BCUT2D eigenvalue weighted by Gasteiger charge is 2.30. The molecule has 0 amide bonds. The smallest absolute Gasteiger partial charge is 0.280 e. The van der Waals surface area contributed by atoms with Crippen LogP contribution in [-0.4, -0.2) is 18.2 Å². The highest BCUT2D eigenvalue weighted by molar-refractivity contribution is 7.92. The predicted molar refractivity (Wildman–Crippen MR) is 87.7 cm³/mol. The van der Waals surface area contributed by atoms with Crippen molar-refractivity contribution in [2.24, 2.45) is 0 Å². The zero-order valence-electron chi connectivity index (χ0n) is 13.1. The average molecular weight is 369 g/mol. The lowest BCUT2D eigenvalue weighted by atomic mass is 10.2. The minimum absolute atomic E-state index is 0.246. The van der Waals surface area contributed by atoms with Gasteiger partial charge in [0.1, 0.15) is 0 Å². The van der Waals surface area contributed by atoms with E-state index in [4.69, 9.17) is 0 Å². The number of aromatic nitrogens is 2. The van der Waals surface area contributed by atoms with Crippen molar-refractivity contribution in [1.82, 2.24) is 9.78 Å². The Bertz CT molecular complexity index is 1010. The topological polar surface area (TPSA) is 64.0 Å². The van der Waals surface area contributed by atoms with Crippen LogP contribution < -0.4 is 4.72 Å². The van der Waals surface area contributed by atoms with Crippen LogP contribution in [0.1, 0.15) is 12.5 Å². The fourth-order valence-electron chi connectivity index (χ4n) is 2.44. The van der Waals surface area contributed by atoms with Crippen LogP contribution in [-0.2, 0) is 22.7 Å². The number of alkyl halides is 3. The van der Waals surface area contributed by atoms with E-state index in [2.05, 4.69) is 9.82 Å². The Balaban J connectivity index is 1.88. The third kappa shape index (κ3) is 3.46. The average Bonchev–Trinajstić information content (AvgIpc) is 2.96. The molecule has 0 atom stereocenters. The molecule has 0 bridgehead atoms. The van der Waals surface area contributed by atoms with Crippen LogP contribution >= 0.6 is 0 Å². The highest BCUT2D eigenvalue weighted by atomic mass is 32.2. The summed E-state index contributed by atoms with van der Waals surface area (Å²) in [6.45, 7) is 2.62. The maximum atomic E-state index is 12.6. The largest absolute Gasteiger partial charge is 0.416 e. The van der Waals surface area contributed by atoms with Crippen LogP contribution in [0.2, 0.25) is 0 Å². The van der Waals surface area contributed by atoms with Crippen LogP contribution in [0, 0.1) is 0 Å². The summed E-state index contributed by atoms with van der Waals surface area (Å²) >= 11 is 0. The predicted octanol–water partition coefficient (Wildman–Crippen LogP) is 3.88. The first kappa shape index (κ1) is 17.3. The molecule has 2 aromatic carbocycles. The summed E-state index contributed by atoms with van der Waals surface area (Å²) < 4.78 is 66.5. The van der Waals surface area contributed by atoms with E-state index in [1.165, 1.54) is 0 Å². The van der Waals surface area contributed by atoms with Crippen molar-refractivity contribution < 1.29 is 21.6 Å². The minimum Gasteiger partial charge on any atom is -0.280 e. The Morgan fingerprint density at radius 3 is 2.40 bits per heavy atom. The van der Waals surface area contributed by atoms with E-state index in [9.17, 15) is 21.6 Å². The van der Waals surface area contributed by atoms with Gasteiger partial charge in [-0.05, 0) is 49.4 Å². The van der Waals surface area contributed by atoms with Gasteiger partial charge >= 0.3 is 6.18 Å². The summed E-state index contributed by atoms with van der Waals surface area (Å²) in [5.74, 6) is 0. The van der Waals surface area contributed by atoms with Gasteiger partial charge in [0.05, 0.1) is 22.2 Å². The van der Waals surface area contributed by atoms with Gasteiger partial charge in [-0.15, -0.1) is 0 Å². The van der Waals surface area contributed by atoms with E-state index in [-0.39, 0.29) is 4.90 Å². The summed E-state index contributed by atoms with van der Waals surface area (Å²) in [6.07, 6.45) is -2.89. The minimum atomic E-state index is -4.51. The molecular weight excluding hydrogens is 355 g/mol. The molecule has 0 saturated heterocycles. The molecule has 3 rings (SSSR count). The molecule has 1 aromatic heterocycles. The zero-order chi connectivity index (χ0) is 18.2. The van der Waals surface area contributed by atoms with Crippen LogP contribution in [0.3, 0.4) is 0 Å². The van der Waals surface area contributed by atoms with Gasteiger partial charge < -0.3 is 0 Å². The Kier molecular flexibility index (Phi) is 4.19. The second-order valence-corrected chi connectivity index (χ2v) is 7.04. The SMILES string of the molecule is CCn1ncc2cc(NS(=O)(=O)c3ccc(C(F)(F)F)cc3)ccc21. The summed E-state index contributed by atoms with van der Waals surface area (Å²) in [5.41, 5.74) is 0.267. The van der Waals surface area contributed by atoms with Gasteiger partial charge in [0.2, 0.25) is 0 Å². The van der Waals surface area contributed by atoms with E-state index in [1.807, 2.05) is 6.92 Å². The standard InChI is InChI=1S/C16H14F3N3O2S/c1-2-22-15-8-5-13(9-11(15)10-20-22)21-25(23,24)14-6-3-12(4-7-14)16(17,18)19/h3-10,21H,2H2,1H3. The second-order valence-electron chi connectivity index (χ2n) is 5.36. The first-order valence-electron chi connectivity index (χ1n) is 7.36. The van der Waals surface area contributed by atoms with E-state index in [0.29, 0.717) is 12.2 Å². The number of anilines is 1. The monoisotopic (exact) mass is 369 g/mol. The normalized spacial score (nSPS) is 12.5. The number of fused-ring (bicyclic) bond motifs is 1. The fraction of sp³-hybridized carbons (Fsp3) is 0.188. The molecule has 0 aliphatic rings. The molecule has 25 heavy (non-hydrogen) atoms. The Hall–Kier alpha value is -2.55. The van der Waals surface area contributed by atoms with Crippen molar-refractivity contribution in [2.45, 2.75) is 24.5 Å². The molecule has 9 heteroatoms. The van der Waals surface area contributed by atoms with Crippen molar-refractivity contribution in [3.63, 3.8) is 0 Å². The van der Waals surface area contributed by atoms with Gasteiger partial charge in [-0.2, -0.15) is 18.3 Å². The van der Waals surface area contributed by atoms with Crippen molar-refractivity contribution in [2.75, 3.05) is 4.72 Å². The number of hydrogen-bond donors (Lipinski definition) is 1. The Labute approximate surface area is 142 Å². The molecule has 0 fully saturated rings. The molecule has 3 aromatic rings. The third-order valence-electron chi connectivity index (χ3n) is 3.69. The summed E-state index contributed by atoms with van der Waals surface area (Å²) in [6, 6.07) is 8.27. The lowest BCUT2D eigenvalue weighted by Crippen LogP contribution is -2.13. The van der Waals surface area contributed by atoms with E-state index < -0.39 is 21.8 Å². The second kappa shape index (κ2) is 6.07. The molecule has 0 aliphatic carbocycles. The molecule has 1 N–H and O–H groups in total. The molecular formula is C16H14F3N3O2S. The lowest BCUT2D eigenvalue weighted by Gasteiger charge is -2.10. The molecule has 0 saturated carbocycles. The van der Waals surface area contributed by atoms with Crippen LogP contribution in [0.4, 0.5) is 18.9 Å². The Morgan fingerprint density at radius 2 is 1.80 bits per heavy atom. The van der Waals surface area contributed by atoms with Gasteiger partial charge in [-0.3, -0.25) is 9.40 Å². The van der Waals surface area contributed by atoms with Crippen molar-refractivity contribution in [3.05, 3.63) is 54.2 Å². The van der Waals surface area contributed by atoms with Gasteiger partial charge in [0.25, 0.3) is 10.0 Å². The maximum absolute atomic E-state index is 12.6. The van der Waals surface area contributed by atoms with Gasteiger partial charge in [-0.1, -0.05) is 0 Å².